The maximum absolute atomic E-state index is 12.3. The third-order valence-electron chi connectivity index (χ3n) is 2.61. The van der Waals surface area contributed by atoms with Gasteiger partial charge in [-0.2, -0.15) is 13.5 Å². The monoisotopic (exact) mass is 392 g/mol. The van der Waals surface area contributed by atoms with E-state index >= 15 is 0 Å². The van der Waals surface area contributed by atoms with Gasteiger partial charge < -0.3 is 5.73 Å². The Bertz CT molecular complexity index is 696. The van der Waals surface area contributed by atoms with Crippen molar-refractivity contribution < 1.29 is 8.42 Å². The fourth-order valence-electron chi connectivity index (χ4n) is 1.63. The summed E-state index contributed by atoms with van der Waals surface area (Å²) in [6.07, 6.45) is 0. The zero-order chi connectivity index (χ0) is 14.0. The quantitative estimate of drug-likeness (QED) is 0.688. The number of sulfonamides is 1. The average molecular weight is 392 g/mol. The van der Waals surface area contributed by atoms with Gasteiger partial charge in [0.15, 0.2) is 0 Å². The van der Waals surface area contributed by atoms with Crippen LogP contribution in [0.4, 0.5) is 5.69 Å². The maximum Gasteiger partial charge on any atom is 0.281 e. The Morgan fingerprint density at radius 2 is 2.11 bits per heavy atom. The third kappa shape index (κ3) is 2.90. The molecule has 1 heterocycles. The van der Waals surface area contributed by atoms with Gasteiger partial charge in [-0.15, -0.1) is 0 Å². The number of anilines is 1. The molecule has 1 aromatic carbocycles. The van der Waals surface area contributed by atoms with E-state index in [-0.39, 0.29) is 11.6 Å². The molecule has 1 aromatic heterocycles. The van der Waals surface area contributed by atoms with Crippen molar-refractivity contribution in [3.05, 3.63) is 39.1 Å². The fourth-order valence-corrected chi connectivity index (χ4v) is 3.63. The van der Waals surface area contributed by atoms with Crippen LogP contribution in [0.2, 0.25) is 0 Å². The van der Waals surface area contributed by atoms with Gasteiger partial charge in [-0.05, 0) is 41.6 Å². The predicted octanol–water partition coefficient (Wildman–Crippen LogP) is 1.58. The molecular formula is C11H13IN4O2S. The summed E-state index contributed by atoms with van der Waals surface area (Å²) in [7, 11) is -3.73. The highest BCUT2D eigenvalue weighted by Gasteiger charge is 2.23. The first-order chi connectivity index (χ1) is 8.95. The Morgan fingerprint density at radius 3 is 2.74 bits per heavy atom. The summed E-state index contributed by atoms with van der Waals surface area (Å²) in [6, 6.07) is 7.11. The van der Waals surface area contributed by atoms with Crippen molar-refractivity contribution >= 4 is 38.3 Å². The van der Waals surface area contributed by atoms with Crippen LogP contribution in [0, 0.1) is 10.5 Å². The molecular weight excluding hydrogens is 379 g/mol. The summed E-state index contributed by atoms with van der Waals surface area (Å²) >= 11 is 2.06. The van der Waals surface area contributed by atoms with Crippen LogP contribution in [0.1, 0.15) is 11.3 Å². The van der Waals surface area contributed by atoms with Crippen LogP contribution in [-0.4, -0.2) is 18.6 Å². The normalized spacial score (nSPS) is 11.5. The van der Waals surface area contributed by atoms with Gasteiger partial charge in [0.1, 0.15) is 0 Å². The molecule has 0 aliphatic rings. The van der Waals surface area contributed by atoms with Crippen molar-refractivity contribution in [2.45, 2.75) is 18.5 Å². The lowest BCUT2D eigenvalue weighted by Crippen LogP contribution is -2.17. The van der Waals surface area contributed by atoms with Gasteiger partial charge >= 0.3 is 0 Å². The minimum Gasteiger partial charge on any atom is -0.326 e. The molecule has 0 radical (unpaired) electrons. The molecule has 0 aliphatic heterocycles. The molecule has 0 saturated heterocycles. The van der Waals surface area contributed by atoms with E-state index in [2.05, 4.69) is 37.5 Å². The lowest BCUT2D eigenvalue weighted by atomic mass is 10.3. The van der Waals surface area contributed by atoms with E-state index in [0.29, 0.717) is 16.9 Å². The van der Waals surface area contributed by atoms with Gasteiger partial charge in [0.2, 0.25) is 5.03 Å². The maximum atomic E-state index is 12.3. The van der Waals surface area contributed by atoms with E-state index in [1.165, 1.54) is 0 Å². The van der Waals surface area contributed by atoms with Crippen LogP contribution in [0.5, 0.6) is 0 Å². The number of hydrogen-bond donors (Lipinski definition) is 3. The first kappa shape index (κ1) is 14.3. The summed E-state index contributed by atoms with van der Waals surface area (Å²) in [5, 5.41) is 6.42. The summed E-state index contributed by atoms with van der Waals surface area (Å²) in [5.74, 6) is 0. The molecule has 0 aliphatic carbocycles. The highest BCUT2D eigenvalue weighted by Crippen LogP contribution is 2.22. The highest BCUT2D eigenvalue weighted by atomic mass is 127. The number of nitrogens with zero attached hydrogens (tertiary/aromatic N) is 1. The van der Waals surface area contributed by atoms with E-state index in [9.17, 15) is 8.42 Å². The van der Waals surface area contributed by atoms with Gasteiger partial charge in [0, 0.05) is 21.4 Å². The fraction of sp³-hybridized carbons (Fsp3) is 0.182. The Kier molecular flexibility index (Phi) is 4.11. The van der Waals surface area contributed by atoms with Gasteiger partial charge in [-0.25, -0.2) is 0 Å². The molecule has 4 N–H and O–H groups in total. The second-order valence-electron chi connectivity index (χ2n) is 3.92. The van der Waals surface area contributed by atoms with E-state index in [4.69, 9.17) is 5.73 Å². The number of nitrogens with one attached hydrogen (secondary N) is 2. The number of rotatable bonds is 4. The van der Waals surface area contributed by atoms with Crippen molar-refractivity contribution in [2.24, 2.45) is 5.73 Å². The Hall–Kier alpha value is -1.13. The van der Waals surface area contributed by atoms with E-state index in [1.54, 1.807) is 19.1 Å². The number of aromatic nitrogens is 2. The molecule has 0 unspecified atom stereocenters. The first-order valence-corrected chi connectivity index (χ1v) is 8.03. The summed E-state index contributed by atoms with van der Waals surface area (Å²) in [4.78, 5) is 0. The lowest BCUT2D eigenvalue weighted by Gasteiger charge is -2.08. The van der Waals surface area contributed by atoms with Gasteiger partial charge in [-0.1, -0.05) is 12.1 Å². The predicted molar refractivity (Wildman–Crippen MR) is 81.2 cm³/mol. The van der Waals surface area contributed by atoms with Crippen LogP contribution in [0.3, 0.4) is 0 Å². The molecule has 0 saturated carbocycles. The zero-order valence-corrected chi connectivity index (χ0v) is 13.1. The topological polar surface area (TPSA) is 101 Å². The standard InChI is InChI=1S/C11H13IN4O2S/c1-7-8(6-13)11(15-14-7)19(17,18)16-10-5-3-2-4-9(10)12/h2-5,16H,6,13H2,1H3,(H,14,15). The Morgan fingerprint density at radius 1 is 1.42 bits per heavy atom. The molecule has 2 aromatic rings. The smallest absolute Gasteiger partial charge is 0.281 e. The lowest BCUT2D eigenvalue weighted by molar-refractivity contribution is 0.596. The van der Waals surface area contributed by atoms with Crippen LogP contribution < -0.4 is 10.5 Å². The Balaban J connectivity index is 2.41. The van der Waals surface area contributed by atoms with Crippen molar-refractivity contribution in [3.63, 3.8) is 0 Å². The molecule has 8 heteroatoms. The van der Waals surface area contributed by atoms with Gasteiger partial charge in [0.05, 0.1) is 5.69 Å². The minimum atomic E-state index is -3.73. The second-order valence-corrected chi connectivity index (χ2v) is 6.68. The molecule has 0 spiro atoms. The van der Waals surface area contributed by atoms with Crippen LogP contribution in [-0.2, 0) is 16.6 Å². The van der Waals surface area contributed by atoms with E-state index in [1.807, 2.05) is 12.1 Å². The zero-order valence-electron chi connectivity index (χ0n) is 10.1. The Labute approximate surface area is 125 Å². The van der Waals surface area contributed by atoms with E-state index < -0.39 is 10.0 Å². The molecule has 2 rings (SSSR count). The number of benzene rings is 1. The number of nitrogens with two attached hydrogens (primary N) is 1. The molecule has 0 amide bonds. The van der Waals surface area contributed by atoms with Crippen LogP contribution in [0.25, 0.3) is 0 Å². The number of hydrogen-bond acceptors (Lipinski definition) is 4. The van der Waals surface area contributed by atoms with Gasteiger partial charge in [0.25, 0.3) is 10.0 Å². The molecule has 0 fully saturated rings. The van der Waals surface area contributed by atoms with Crippen LogP contribution >= 0.6 is 22.6 Å². The highest BCUT2D eigenvalue weighted by molar-refractivity contribution is 14.1. The SMILES string of the molecule is Cc1[nH]nc(S(=O)(=O)Nc2ccccc2I)c1CN. The number of para-hydroxylation sites is 1. The van der Waals surface area contributed by atoms with Gasteiger partial charge in [-0.3, -0.25) is 9.82 Å². The van der Waals surface area contributed by atoms with Crippen molar-refractivity contribution in [1.82, 2.24) is 10.2 Å². The summed E-state index contributed by atoms with van der Waals surface area (Å²) in [5.41, 5.74) is 7.24. The van der Waals surface area contributed by atoms with E-state index in [0.717, 1.165) is 3.57 Å². The number of H-pyrrole nitrogens is 1. The second kappa shape index (κ2) is 5.47. The number of aryl methyl sites for hydroxylation is 1. The first-order valence-electron chi connectivity index (χ1n) is 5.47. The largest absolute Gasteiger partial charge is 0.326 e. The van der Waals surface area contributed by atoms with Crippen molar-refractivity contribution in [2.75, 3.05) is 4.72 Å². The molecule has 0 bridgehead atoms. The summed E-state index contributed by atoms with van der Waals surface area (Å²) < 4.78 is 27.9. The molecule has 6 nitrogen and oxygen atoms in total. The third-order valence-corrected chi connectivity index (χ3v) is 4.89. The molecule has 19 heavy (non-hydrogen) atoms. The minimum absolute atomic E-state index is 0.0489. The number of aromatic amines is 1. The molecule has 102 valence electrons. The number of halogens is 1. The van der Waals surface area contributed by atoms with Crippen LogP contribution in [0.15, 0.2) is 29.3 Å². The van der Waals surface area contributed by atoms with Crippen molar-refractivity contribution in [1.29, 1.82) is 0 Å². The summed E-state index contributed by atoms with van der Waals surface area (Å²) in [6.45, 7) is 1.85. The molecule has 0 atom stereocenters. The van der Waals surface area contributed by atoms with Crippen molar-refractivity contribution in [3.8, 4) is 0 Å². The average Bonchev–Trinajstić information content (AvgIpc) is 2.74.